The van der Waals surface area contributed by atoms with Crippen LogP contribution in [0, 0.1) is 22.9 Å². The Bertz CT molecular complexity index is 1390. The van der Waals surface area contributed by atoms with E-state index in [-0.39, 0.29) is 23.0 Å². The van der Waals surface area contributed by atoms with Crippen molar-refractivity contribution in [2.24, 2.45) is 0 Å². The smallest absolute Gasteiger partial charge is 0.269 e. The van der Waals surface area contributed by atoms with E-state index >= 15 is 0 Å². The molecule has 1 amide bonds. The third kappa shape index (κ3) is 4.92. The van der Waals surface area contributed by atoms with Crippen molar-refractivity contribution in [3.8, 4) is 17.1 Å². The fourth-order valence-electron chi connectivity index (χ4n) is 3.25. The van der Waals surface area contributed by atoms with Gasteiger partial charge in [0.05, 0.1) is 21.4 Å². The zero-order chi connectivity index (χ0) is 24.2. The molecule has 1 aromatic heterocycles. The molecule has 1 heterocycles. The number of amides is 1. The van der Waals surface area contributed by atoms with Crippen LogP contribution in [0.5, 0.6) is 0 Å². The summed E-state index contributed by atoms with van der Waals surface area (Å²) in [7, 11) is 0. The molecule has 0 atom stereocenters. The van der Waals surface area contributed by atoms with Crippen LogP contribution in [-0.2, 0) is 4.79 Å². The van der Waals surface area contributed by atoms with Crippen molar-refractivity contribution in [1.29, 1.82) is 0 Å². The minimum Gasteiger partial charge on any atom is -0.325 e. The summed E-state index contributed by atoms with van der Waals surface area (Å²) in [6, 6.07) is 17.4. The number of aromatic nitrogens is 3. The molecule has 4 aromatic rings. The van der Waals surface area contributed by atoms with Gasteiger partial charge in [-0.25, -0.2) is 4.39 Å². The molecule has 3 aromatic carbocycles. The number of benzene rings is 3. The maximum absolute atomic E-state index is 14.7. The highest BCUT2D eigenvalue weighted by molar-refractivity contribution is 7.99. The molecule has 0 saturated carbocycles. The summed E-state index contributed by atoms with van der Waals surface area (Å²) in [5, 5.41) is 22.8. The molecule has 0 aliphatic carbocycles. The maximum Gasteiger partial charge on any atom is 0.269 e. The molecule has 0 bridgehead atoms. The minimum atomic E-state index is -0.499. The van der Waals surface area contributed by atoms with E-state index in [4.69, 9.17) is 11.6 Å². The van der Waals surface area contributed by atoms with Crippen molar-refractivity contribution >= 4 is 40.6 Å². The molecule has 34 heavy (non-hydrogen) atoms. The Labute approximate surface area is 202 Å². The summed E-state index contributed by atoms with van der Waals surface area (Å²) in [6.45, 7) is 1.67. The highest BCUT2D eigenvalue weighted by Crippen LogP contribution is 2.32. The lowest BCUT2D eigenvalue weighted by Gasteiger charge is -2.12. The lowest BCUT2D eigenvalue weighted by molar-refractivity contribution is -0.384. The first-order valence-corrected chi connectivity index (χ1v) is 11.3. The van der Waals surface area contributed by atoms with E-state index in [9.17, 15) is 19.3 Å². The van der Waals surface area contributed by atoms with Gasteiger partial charge in [-0.2, -0.15) is 0 Å². The number of para-hydroxylation sites is 1. The average molecular weight is 498 g/mol. The molecule has 172 valence electrons. The molecule has 0 fully saturated rings. The molecule has 1 N–H and O–H groups in total. The summed E-state index contributed by atoms with van der Waals surface area (Å²) in [4.78, 5) is 23.0. The van der Waals surface area contributed by atoms with Gasteiger partial charge in [-0.3, -0.25) is 19.5 Å². The highest BCUT2D eigenvalue weighted by atomic mass is 35.5. The number of carbonyl (C=O) groups is 1. The first kappa shape index (κ1) is 23.4. The van der Waals surface area contributed by atoms with E-state index < -0.39 is 10.7 Å². The van der Waals surface area contributed by atoms with Gasteiger partial charge in [0.25, 0.3) is 5.69 Å². The SMILES string of the molecule is Cc1cc([N+](=O)[O-])ccc1NC(=O)CSc1nnc(-c2ccccc2Cl)n1-c1ccccc1F. The molecule has 0 unspecified atom stereocenters. The fourth-order valence-corrected chi connectivity index (χ4v) is 4.21. The van der Waals surface area contributed by atoms with Gasteiger partial charge < -0.3 is 5.32 Å². The van der Waals surface area contributed by atoms with Gasteiger partial charge in [0.15, 0.2) is 11.0 Å². The van der Waals surface area contributed by atoms with Crippen molar-refractivity contribution < 1.29 is 14.1 Å². The molecular formula is C23H17ClFN5O3S. The standard InChI is InChI=1S/C23H17ClFN5O3S/c1-14-12-15(30(32)33)10-11-19(14)26-21(31)13-34-23-28-27-22(16-6-2-3-7-17(16)24)29(23)20-9-5-4-8-18(20)25/h2-12H,13H2,1H3,(H,26,31). The van der Waals surface area contributed by atoms with E-state index in [1.807, 2.05) is 0 Å². The van der Waals surface area contributed by atoms with E-state index in [2.05, 4.69) is 15.5 Å². The molecule has 11 heteroatoms. The molecule has 0 saturated heterocycles. The van der Waals surface area contributed by atoms with Crippen molar-refractivity contribution in [2.45, 2.75) is 12.1 Å². The number of nitrogens with one attached hydrogen (secondary N) is 1. The number of hydrogen-bond donors (Lipinski definition) is 1. The first-order valence-electron chi connectivity index (χ1n) is 9.98. The molecule has 8 nitrogen and oxygen atoms in total. The quantitative estimate of drug-likeness (QED) is 0.200. The molecular weight excluding hydrogens is 481 g/mol. The average Bonchev–Trinajstić information content (AvgIpc) is 3.23. The van der Waals surface area contributed by atoms with Gasteiger partial charge in [-0.05, 0) is 42.8 Å². The molecule has 0 spiro atoms. The molecule has 0 aliphatic rings. The van der Waals surface area contributed by atoms with Crippen LogP contribution in [0.25, 0.3) is 17.1 Å². The van der Waals surface area contributed by atoms with Gasteiger partial charge >= 0.3 is 0 Å². The summed E-state index contributed by atoms with van der Waals surface area (Å²) in [6.07, 6.45) is 0. The van der Waals surface area contributed by atoms with Gasteiger partial charge in [0.2, 0.25) is 5.91 Å². The number of thioether (sulfide) groups is 1. The second kappa shape index (κ2) is 10.0. The van der Waals surface area contributed by atoms with Gasteiger partial charge in [0.1, 0.15) is 5.82 Å². The van der Waals surface area contributed by atoms with E-state index in [0.717, 1.165) is 11.8 Å². The second-order valence-corrected chi connectivity index (χ2v) is 8.52. The maximum atomic E-state index is 14.7. The predicted molar refractivity (Wildman–Crippen MR) is 129 cm³/mol. The van der Waals surface area contributed by atoms with Gasteiger partial charge in [-0.1, -0.05) is 47.6 Å². The summed E-state index contributed by atoms with van der Waals surface area (Å²) in [5.74, 6) is -0.552. The zero-order valence-electron chi connectivity index (χ0n) is 17.7. The Morgan fingerprint density at radius 3 is 2.59 bits per heavy atom. The Morgan fingerprint density at radius 1 is 1.15 bits per heavy atom. The Balaban J connectivity index is 1.60. The monoisotopic (exact) mass is 497 g/mol. The number of carbonyl (C=O) groups excluding carboxylic acids is 1. The number of nitro groups is 1. The summed E-state index contributed by atoms with van der Waals surface area (Å²) < 4.78 is 16.2. The highest BCUT2D eigenvalue weighted by Gasteiger charge is 2.21. The van der Waals surface area contributed by atoms with Crippen LogP contribution in [0.4, 0.5) is 15.8 Å². The Morgan fingerprint density at radius 2 is 1.88 bits per heavy atom. The number of rotatable bonds is 7. The van der Waals surface area contributed by atoms with Gasteiger partial charge in [-0.15, -0.1) is 10.2 Å². The van der Waals surface area contributed by atoms with Crippen LogP contribution in [0.15, 0.2) is 71.9 Å². The van der Waals surface area contributed by atoms with Gasteiger partial charge in [0, 0.05) is 23.4 Å². The normalized spacial score (nSPS) is 10.8. The largest absolute Gasteiger partial charge is 0.325 e. The van der Waals surface area contributed by atoms with Crippen molar-refractivity contribution in [3.63, 3.8) is 0 Å². The molecule has 4 rings (SSSR count). The van der Waals surface area contributed by atoms with Crippen LogP contribution in [0.1, 0.15) is 5.56 Å². The minimum absolute atomic E-state index is 0.0501. The lowest BCUT2D eigenvalue weighted by Crippen LogP contribution is -2.15. The number of non-ortho nitro benzene ring substituents is 1. The van der Waals surface area contributed by atoms with Crippen LogP contribution < -0.4 is 5.32 Å². The van der Waals surface area contributed by atoms with Crippen LogP contribution in [0.3, 0.4) is 0 Å². The zero-order valence-corrected chi connectivity index (χ0v) is 19.3. The molecule has 0 aliphatic heterocycles. The number of halogens is 2. The predicted octanol–water partition coefficient (Wildman–Crippen LogP) is 5.67. The number of nitro benzene ring substituents is 1. The fraction of sp³-hybridized carbons (Fsp3) is 0.0870. The molecule has 0 radical (unpaired) electrons. The summed E-state index contributed by atoms with van der Waals surface area (Å²) in [5.41, 5.74) is 1.75. The first-order chi connectivity index (χ1) is 16.3. The topological polar surface area (TPSA) is 103 Å². The van der Waals surface area contributed by atoms with E-state index in [1.54, 1.807) is 49.4 Å². The third-order valence-corrected chi connectivity index (χ3v) is 6.13. The van der Waals surface area contributed by atoms with Crippen LogP contribution in [0.2, 0.25) is 5.02 Å². The van der Waals surface area contributed by atoms with Crippen molar-refractivity contribution in [3.05, 3.63) is 93.2 Å². The van der Waals surface area contributed by atoms with Crippen molar-refractivity contribution in [1.82, 2.24) is 14.8 Å². The van der Waals surface area contributed by atoms with Crippen LogP contribution >= 0.6 is 23.4 Å². The lowest BCUT2D eigenvalue weighted by atomic mass is 10.2. The second-order valence-electron chi connectivity index (χ2n) is 7.17. The van der Waals surface area contributed by atoms with Crippen LogP contribution in [-0.4, -0.2) is 31.3 Å². The summed E-state index contributed by atoms with van der Waals surface area (Å²) >= 11 is 7.42. The third-order valence-electron chi connectivity index (χ3n) is 4.87. The van der Waals surface area contributed by atoms with E-state index in [1.165, 1.54) is 28.8 Å². The number of anilines is 1. The van der Waals surface area contributed by atoms with E-state index in [0.29, 0.717) is 32.8 Å². The Hall–Kier alpha value is -3.76. The van der Waals surface area contributed by atoms with Crippen molar-refractivity contribution in [2.75, 3.05) is 11.1 Å². The number of hydrogen-bond acceptors (Lipinski definition) is 6. The number of nitrogens with zero attached hydrogens (tertiary/aromatic N) is 4. The Kier molecular flexibility index (Phi) is 6.90. The number of aryl methyl sites for hydroxylation is 1.